The molecular weight excluding hydrogens is 402 g/mol. The SMILES string of the molecule is CC(C)(C)C(Nc1c(Nc2ccc(Cl)c3c2C(O)NC3)c(=O)c1=O)c1ccccc1. The lowest BCUT2D eigenvalue weighted by atomic mass is 9.82. The van der Waals surface area contributed by atoms with Gasteiger partial charge in [0.05, 0.1) is 6.04 Å². The second-order valence-electron chi connectivity index (χ2n) is 8.66. The number of rotatable bonds is 5. The third-order valence-corrected chi connectivity index (χ3v) is 5.86. The summed E-state index contributed by atoms with van der Waals surface area (Å²) in [6.07, 6.45) is -0.893. The molecule has 0 spiro atoms. The number of aliphatic hydroxyl groups is 1. The number of nitrogens with one attached hydrogen (secondary N) is 3. The van der Waals surface area contributed by atoms with Gasteiger partial charge in [-0.2, -0.15) is 0 Å². The maximum absolute atomic E-state index is 12.4. The summed E-state index contributed by atoms with van der Waals surface area (Å²) < 4.78 is 0. The van der Waals surface area contributed by atoms with Gasteiger partial charge in [-0.05, 0) is 28.7 Å². The maximum Gasteiger partial charge on any atom is 0.253 e. The number of fused-ring (bicyclic) bond motifs is 1. The lowest BCUT2D eigenvalue weighted by Crippen LogP contribution is -2.39. The van der Waals surface area contributed by atoms with Crippen LogP contribution in [-0.2, 0) is 6.54 Å². The molecule has 156 valence electrons. The zero-order valence-corrected chi connectivity index (χ0v) is 17.8. The minimum atomic E-state index is -0.893. The molecule has 1 heterocycles. The molecule has 3 aromatic carbocycles. The Balaban J connectivity index is 1.70. The van der Waals surface area contributed by atoms with Crippen molar-refractivity contribution in [1.29, 1.82) is 0 Å². The lowest BCUT2D eigenvalue weighted by molar-refractivity contribution is 0.152. The molecule has 0 bridgehead atoms. The van der Waals surface area contributed by atoms with E-state index < -0.39 is 17.1 Å². The third-order valence-electron chi connectivity index (χ3n) is 5.50. The summed E-state index contributed by atoms with van der Waals surface area (Å²) in [5.41, 5.74) is 2.07. The monoisotopic (exact) mass is 425 g/mol. The van der Waals surface area contributed by atoms with Crippen molar-refractivity contribution >= 4 is 28.7 Å². The molecular formula is C23H24ClN3O3. The molecule has 4 N–H and O–H groups in total. The first-order valence-electron chi connectivity index (χ1n) is 9.83. The molecule has 0 aromatic heterocycles. The van der Waals surface area contributed by atoms with E-state index in [9.17, 15) is 14.7 Å². The highest BCUT2D eigenvalue weighted by atomic mass is 35.5. The van der Waals surface area contributed by atoms with Crippen molar-refractivity contribution in [1.82, 2.24) is 5.32 Å². The molecule has 2 atom stereocenters. The average Bonchev–Trinajstić information content (AvgIpc) is 3.11. The fraction of sp³-hybridized carbons (Fsp3) is 0.304. The van der Waals surface area contributed by atoms with E-state index in [4.69, 9.17) is 11.6 Å². The first-order chi connectivity index (χ1) is 14.2. The second-order valence-corrected chi connectivity index (χ2v) is 9.07. The number of halogens is 1. The molecule has 0 saturated carbocycles. The molecule has 0 radical (unpaired) electrons. The molecule has 0 saturated heterocycles. The van der Waals surface area contributed by atoms with Crippen molar-refractivity contribution in [2.75, 3.05) is 10.6 Å². The van der Waals surface area contributed by atoms with Crippen molar-refractivity contribution in [3.05, 3.63) is 84.6 Å². The van der Waals surface area contributed by atoms with Gasteiger partial charge in [-0.3, -0.25) is 14.9 Å². The number of anilines is 3. The summed E-state index contributed by atoms with van der Waals surface area (Å²) in [6.45, 7) is 6.65. The van der Waals surface area contributed by atoms with Gasteiger partial charge >= 0.3 is 0 Å². The lowest BCUT2D eigenvalue weighted by Gasteiger charge is -2.33. The van der Waals surface area contributed by atoms with E-state index in [-0.39, 0.29) is 22.8 Å². The minimum Gasteiger partial charge on any atom is -0.374 e. The highest BCUT2D eigenvalue weighted by Gasteiger charge is 2.32. The molecule has 0 fully saturated rings. The van der Waals surface area contributed by atoms with Crippen LogP contribution in [0.4, 0.5) is 17.1 Å². The van der Waals surface area contributed by atoms with Crippen LogP contribution in [0, 0.1) is 5.41 Å². The number of aliphatic hydroxyl groups excluding tert-OH is 1. The fourth-order valence-corrected chi connectivity index (χ4v) is 4.14. The van der Waals surface area contributed by atoms with Gasteiger partial charge in [-0.25, -0.2) is 0 Å². The van der Waals surface area contributed by atoms with Crippen molar-refractivity contribution in [3.63, 3.8) is 0 Å². The second kappa shape index (κ2) is 7.54. The van der Waals surface area contributed by atoms with Crippen LogP contribution in [0.5, 0.6) is 0 Å². The van der Waals surface area contributed by atoms with Gasteiger partial charge in [-0.1, -0.05) is 62.7 Å². The third kappa shape index (κ3) is 3.51. The molecule has 1 aliphatic rings. The van der Waals surface area contributed by atoms with Gasteiger partial charge in [-0.15, -0.1) is 0 Å². The van der Waals surface area contributed by atoms with Gasteiger partial charge < -0.3 is 15.7 Å². The maximum atomic E-state index is 12.4. The van der Waals surface area contributed by atoms with Crippen LogP contribution in [0.2, 0.25) is 5.02 Å². The van der Waals surface area contributed by atoms with Crippen LogP contribution in [0.3, 0.4) is 0 Å². The predicted octanol–water partition coefficient (Wildman–Crippen LogP) is 3.97. The van der Waals surface area contributed by atoms with E-state index in [0.717, 1.165) is 11.1 Å². The van der Waals surface area contributed by atoms with E-state index >= 15 is 0 Å². The molecule has 0 aliphatic carbocycles. The van der Waals surface area contributed by atoms with Crippen LogP contribution in [0.25, 0.3) is 0 Å². The summed E-state index contributed by atoms with van der Waals surface area (Å²) in [5.74, 6) is 0. The van der Waals surface area contributed by atoms with Crippen molar-refractivity contribution in [2.24, 2.45) is 5.41 Å². The summed E-state index contributed by atoms with van der Waals surface area (Å²) >= 11 is 6.23. The Bertz CT molecular complexity index is 1160. The fourth-order valence-electron chi connectivity index (χ4n) is 3.91. The topological polar surface area (TPSA) is 90.5 Å². The normalized spacial score (nSPS) is 17.0. The van der Waals surface area contributed by atoms with E-state index in [1.54, 1.807) is 12.1 Å². The first-order valence-corrected chi connectivity index (χ1v) is 10.2. The van der Waals surface area contributed by atoms with Crippen LogP contribution in [-0.4, -0.2) is 5.11 Å². The Kier molecular flexibility index (Phi) is 5.18. The zero-order chi connectivity index (χ0) is 21.6. The molecule has 1 aliphatic heterocycles. The Morgan fingerprint density at radius 1 is 1.07 bits per heavy atom. The Labute approximate surface area is 179 Å². The van der Waals surface area contributed by atoms with Gasteiger partial charge in [0.25, 0.3) is 10.9 Å². The highest BCUT2D eigenvalue weighted by molar-refractivity contribution is 6.31. The predicted molar refractivity (Wildman–Crippen MR) is 120 cm³/mol. The van der Waals surface area contributed by atoms with Gasteiger partial charge in [0, 0.05) is 22.8 Å². The molecule has 7 heteroatoms. The van der Waals surface area contributed by atoms with Crippen LogP contribution >= 0.6 is 11.6 Å². The Hall–Kier alpha value is -2.67. The molecule has 6 nitrogen and oxygen atoms in total. The van der Waals surface area contributed by atoms with Crippen molar-refractivity contribution in [2.45, 2.75) is 39.6 Å². The van der Waals surface area contributed by atoms with Gasteiger partial charge in [0.15, 0.2) is 0 Å². The average molecular weight is 426 g/mol. The van der Waals surface area contributed by atoms with E-state index in [0.29, 0.717) is 22.8 Å². The minimum absolute atomic E-state index is 0.175. The Morgan fingerprint density at radius 3 is 2.40 bits per heavy atom. The van der Waals surface area contributed by atoms with Crippen molar-refractivity contribution < 1.29 is 5.11 Å². The molecule has 2 unspecified atom stereocenters. The van der Waals surface area contributed by atoms with Crippen LogP contribution in [0.1, 0.15) is 49.7 Å². The van der Waals surface area contributed by atoms with Crippen molar-refractivity contribution in [3.8, 4) is 0 Å². The number of hydrogen-bond donors (Lipinski definition) is 4. The van der Waals surface area contributed by atoms with E-state index in [2.05, 4.69) is 36.7 Å². The molecule has 4 rings (SSSR count). The smallest absolute Gasteiger partial charge is 0.253 e. The highest BCUT2D eigenvalue weighted by Crippen LogP contribution is 2.39. The molecule has 30 heavy (non-hydrogen) atoms. The molecule has 3 aromatic rings. The zero-order valence-electron chi connectivity index (χ0n) is 17.0. The van der Waals surface area contributed by atoms with Crippen LogP contribution < -0.4 is 26.8 Å². The summed E-state index contributed by atoms with van der Waals surface area (Å²) in [7, 11) is 0. The largest absolute Gasteiger partial charge is 0.374 e. The van der Waals surface area contributed by atoms with Crippen LogP contribution in [0.15, 0.2) is 52.1 Å². The quantitative estimate of drug-likeness (QED) is 0.462. The summed E-state index contributed by atoms with van der Waals surface area (Å²) in [4.78, 5) is 24.8. The molecule has 0 amide bonds. The first kappa shape index (κ1) is 20.6. The standard InChI is InChI=1S/C23H24ClN3O3/c1-23(2,3)21(12-7-5-4-6-8-12)27-18-17(19(28)20(18)29)26-15-10-9-14(24)13-11-25-22(30)16(13)15/h4-10,21-22,25-27,30H,11H2,1-3H3. The Morgan fingerprint density at radius 2 is 1.73 bits per heavy atom. The summed E-state index contributed by atoms with van der Waals surface area (Å²) in [6, 6.07) is 13.1. The van der Waals surface area contributed by atoms with E-state index in [1.807, 2.05) is 30.3 Å². The van der Waals surface area contributed by atoms with Gasteiger partial charge in [0.2, 0.25) is 0 Å². The number of benzene rings is 2. The van der Waals surface area contributed by atoms with Gasteiger partial charge in [0.1, 0.15) is 17.6 Å². The summed E-state index contributed by atoms with van der Waals surface area (Å²) in [5, 5.41) is 20.1. The van der Waals surface area contributed by atoms with E-state index in [1.165, 1.54) is 0 Å². The number of hydrogen-bond acceptors (Lipinski definition) is 6.